The number of hydrogen-bond acceptors (Lipinski definition) is 4. The molecule has 1 N–H and O–H groups in total. The van der Waals surface area contributed by atoms with Gasteiger partial charge in [-0.05, 0) is 37.4 Å². The van der Waals surface area contributed by atoms with E-state index in [4.69, 9.17) is 16.0 Å². The number of allylic oxidation sites excluding steroid dienone is 2. The highest BCUT2D eigenvalue weighted by Gasteiger charge is 2.29. The number of hydrogen-bond donors (Lipinski definition) is 1. The van der Waals surface area contributed by atoms with E-state index < -0.39 is 0 Å². The standard InChI is InChI=1S/C14H15ClN2OS/c1-16-8-11-7-12-13(19-11)4-5-14(15)17(12)9-10-3-2-6-18-10/h2-7,11,16H,8-9H2,1H3. The highest BCUT2D eigenvalue weighted by atomic mass is 35.5. The molecule has 1 aromatic heterocycles. The second-order valence-electron chi connectivity index (χ2n) is 4.45. The molecular weight excluding hydrogens is 280 g/mol. The molecule has 0 radical (unpaired) electrons. The lowest BCUT2D eigenvalue weighted by Gasteiger charge is -2.27. The van der Waals surface area contributed by atoms with Crippen LogP contribution in [0.3, 0.4) is 0 Å². The molecular formula is C14H15ClN2OS. The average Bonchev–Trinajstić information content (AvgIpc) is 3.02. The second kappa shape index (κ2) is 5.49. The second-order valence-corrected chi connectivity index (χ2v) is 6.12. The summed E-state index contributed by atoms with van der Waals surface area (Å²) in [5.41, 5.74) is 1.19. The van der Waals surface area contributed by atoms with Gasteiger partial charge in [-0.2, -0.15) is 0 Å². The largest absolute Gasteiger partial charge is 0.467 e. The predicted octanol–water partition coefficient (Wildman–Crippen LogP) is 3.28. The minimum Gasteiger partial charge on any atom is -0.467 e. The summed E-state index contributed by atoms with van der Waals surface area (Å²) in [4.78, 5) is 3.37. The first-order valence-corrected chi connectivity index (χ1v) is 7.44. The maximum atomic E-state index is 6.33. The van der Waals surface area contributed by atoms with E-state index >= 15 is 0 Å². The summed E-state index contributed by atoms with van der Waals surface area (Å²) in [6.07, 6.45) is 8.00. The maximum Gasteiger partial charge on any atom is 0.123 e. The summed E-state index contributed by atoms with van der Waals surface area (Å²) < 4.78 is 5.41. The fourth-order valence-electron chi connectivity index (χ4n) is 2.23. The van der Waals surface area contributed by atoms with Crippen LogP contribution in [0.4, 0.5) is 0 Å². The molecule has 3 rings (SSSR count). The Kier molecular flexibility index (Phi) is 3.73. The fourth-order valence-corrected chi connectivity index (χ4v) is 3.67. The molecule has 1 unspecified atom stereocenters. The lowest BCUT2D eigenvalue weighted by Crippen LogP contribution is -2.21. The van der Waals surface area contributed by atoms with E-state index in [0.29, 0.717) is 11.8 Å². The van der Waals surface area contributed by atoms with E-state index in [0.717, 1.165) is 17.5 Å². The fraction of sp³-hybridized carbons (Fsp3) is 0.286. The Morgan fingerprint density at radius 1 is 1.47 bits per heavy atom. The molecule has 0 saturated heterocycles. The van der Waals surface area contributed by atoms with Crippen molar-refractivity contribution >= 4 is 23.4 Å². The highest BCUT2D eigenvalue weighted by Crippen LogP contribution is 2.43. The van der Waals surface area contributed by atoms with Crippen molar-refractivity contribution in [2.75, 3.05) is 13.6 Å². The van der Waals surface area contributed by atoms with Crippen LogP contribution in [0.1, 0.15) is 5.76 Å². The Bertz CT molecular complexity index is 548. The molecule has 0 bridgehead atoms. The third-order valence-corrected chi connectivity index (χ3v) is 4.63. The van der Waals surface area contributed by atoms with Crippen molar-refractivity contribution in [3.05, 3.63) is 58.1 Å². The Balaban J connectivity index is 1.84. The molecule has 1 atom stereocenters. The first kappa shape index (κ1) is 12.9. The van der Waals surface area contributed by atoms with Crippen LogP contribution in [0, 0.1) is 0 Å². The topological polar surface area (TPSA) is 28.4 Å². The van der Waals surface area contributed by atoms with Gasteiger partial charge in [0.25, 0.3) is 0 Å². The van der Waals surface area contributed by atoms with Gasteiger partial charge in [-0.15, -0.1) is 11.8 Å². The van der Waals surface area contributed by atoms with Gasteiger partial charge in [0.1, 0.15) is 10.9 Å². The third kappa shape index (κ3) is 2.61. The first-order valence-electron chi connectivity index (χ1n) is 6.19. The van der Waals surface area contributed by atoms with E-state index in [-0.39, 0.29) is 0 Å². The lowest BCUT2D eigenvalue weighted by atomic mass is 10.2. The van der Waals surface area contributed by atoms with Crippen molar-refractivity contribution in [3.63, 3.8) is 0 Å². The van der Waals surface area contributed by atoms with Gasteiger partial charge in [0, 0.05) is 16.7 Å². The number of nitrogens with one attached hydrogen (secondary N) is 1. The number of halogens is 1. The monoisotopic (exact) mass is 294 g/mol. The van der Waals surface area contributed by atoms with E-state index in [1.165, 1.54) is 10.6 Å². The number of fused-ring (bicyclic) bond motifs is 1. The predicted molar refractivity (Wildman–Crippen MR) is 79.7 cm³/mol. The molecule has 1 aromatic rings. The molecule has 2 aliphatic heterocycles. The highest BCUT2D eigenvalue weighted by molar-refractivity contribution is 8.04. The number of thioether (sulfide) groups is 1. The Labute approximate surface area is 122 Å². The van der Waals surface area contributed by atoms with Gasteiger partial charge in [0.2, 0.25) is 0 Å². The van der Waals surface area contributed by atoms with Crippen LogP contribution < -0.4 is 5.32 Å². The van der Waals surface area contributed by atoms with Crippen LogP contribution in [0.15, 0.2) is 56.8 Å². The first-order chi connectivity index (χ1) is 9.28. The van der Waals surface area contributed by atoms with Gasteiger partial charge >= 0.3 is 0 Å². The lowest BCUT2D eigenvalue weighted by molar-refractivity contribution is 0.385. The number of furan rings is 1. The molecule has 0 aromatic carbocycles. The summed E-state index contributed by atoms with van der Waals surface area (Å²) in [5, 5.41) is 4.40. The number of nitrogens with zero attached hydrogens (tertiary/aromatic N) is 1. The quantitative estimate of drug-likeness (QED) is 0.863. The Hall–Kier alpha value is -1.10. The SMILES string of the molecule is CNCC1C=C2C(=CC=C(Cl)N2Cc2ccco2)S1. The minimum absolute atomic E-state index is 0.460. The molecule has 0 aliphatic carbocycles. The van der Waals surface area contributed by atoms with Crippen LogP contribution in [0.5, 0.6) is 0 Å². The van der Waals surface area contributed by atoms with Crippen LogP contribution in [-0.2, 0) is 6.54 Å². The summed E-state index contributed by atoms with van der Waals surface area (Å²) in [5.74, 6) is 0.913. The van der Waals surface area contributed by atoms with Crippen LogP contribution in [0.25, 0.3) is 0 Å². The summed E-state index contributed by atoms with van der Waals surface area (Å²) in [6, 6.07) is 3.87. The molecule has 0 spiro atoms. The van der Waals surface area contributed by atoms with Gasteiger partial charge < -0.3 is 14.6 Å². The zero-order chi connectivity index (χ0) is 13.2. The smallest absolute Gasteiger partial charge is 0.123 e. The van der Waals surface area contributed by atoms with Crippen molar-refractivity contribution in [2.45, 2.75) is 11.8 Å². The van der Waals surface area contributed by atoms with Crippen LogP contribution >= 0.6 is 23.4 Å². The van der Waals surface area contributed by atoms with Crippen molar-refractivity contribution < 1.29 is 4.42 Å². The maximum absolute atomic E-state index is 6.33. The van der Waals surface area contributed by atoms with Crippen molar-refractivity contribution in [3.8, 4) is 0 Å². The van der Waals surface area contributed by atoms with Crippen LogP contribution in [-0.4, -0.2) is 23.7 Å². The van der Waals surface area contributed by atoms with Crippen molar-refractivity contribution in [1.82, 2.24) is 10.2 Å². The van der Waals surface area contributed by atoms with Crippen molar-refractivity contribution in [1.29, 1.82) is 0 Å². The van der Waals surface area contributed by atoms with E-state index in [2.05, 4.69) is 22.4 Å². The zero-order valence-corrected chi connectivity index (χ0v) is 12.2. The van der Waals surface area contributed by atoms with Crippen LogP contribution in [0.2, 0.25) is 0 Å². The average molecular weight is 295 g/mol. The molecule has 100 valence electrons. The Morgan fingerprint density at radius 3 is 3.11 bits per heavy atom. The van der Waals surface area contributed by atoms with E-state index in [1.54, 1.807) is 6.26 Å². The van der Waals surface area contributed by atoms with E-state index in [1.807, 2.05) is 37.0 Å². The van der Waals surface area contributed by atoms with Gasteiger partial charge in [0.05, 0.1) is 18.5 Å². The molecule has 0 fully saturated rings. The molecule has 19 heavy (non-hydrogen) atoms. The summed E-state index contributed by atoms with van der Waals surface area (Å²) >= 11 is 8.19. The normalized spacial score (nSPS) is 21.9. The molecule has 3 heterocycles. The zero-order valence-electron chi connectivity index (χ0n) is 10.6. The molecule has 5 heteroatoms. The Morgan fingerprint density at radius 2 is 2.37 bits per heavy atom. The minimum atomic E-state index is 0.460. The van der Waals surface area contributed by atoms with E-state index in [9.17, 15) is 0 Å². The molecule has 0 saturated carbocycles. The summed E-state index contributed by atoms with van der Waals surface area (Å²) in [7, 11) is 1.97. The molecule has 2 aliphatic rings. The number of rotatable bonds is 4. The van der Waals surface area contributed by atoms with Gasteiger partial charge in [-0.25, -0.2) is 0 Å². The third-order valence-electron chi connectivity index (χ3n) is 3.09. The van der Waals surface area contributed by atoms with Crippen molar-refractivity contribution in [2.24, 2.45) is 0 Å². The van der Waals surface area contributed by atoms with Gasteiger partial charge in [0.15, 0.2) is 0 Å². The molecule has 3 nitrogen and oxygen atoms in total. The van der Waals surface area contributed by atoms with Gasteiger partial charge in [-0.1, -0.05) is 11.6 Å². The molecule has 0 amide bonds. The van der Waals surface area contributed by atoms with Gasteiger partial charge in [-0.3, -0.25) is 0 Å². The summed E-state index contributed by atoms with van der Waals surface area (Å²) in [6.45, 7) is 1.62.